The summed E-state index contributed by atoms with van der Waals surface area (Å²) in [4.78, 5) is 46.1. The van der Waals surface area contributed by atoms with Crippen LogP contribution in [0.2, 0.25) is 0 Å². The van der Waals surface area contributed by atoms with Gasteiger partial charge in [0.25, 0.3) is 5.91 Å². The van der Waals surface area contributed by atoms with Crippen molar-refractivity contribution in [2.45, 2.75) is 39.2 Å². The van der Waals surface area contributed by atoms with Crippen LogP contribution in [0.5, 0.6) is 0 Å². The number of hydrogen-bond acceptors (Lipinski definition) is 5. The Balaban J connectivity index is 1.88. The topological polar surface area (TPSA) is 101 Å². The molecule has 0 saturated heterocycles. The van der Waals surface area contributed by atoms with Gasteiger partial charge >= 0.3 is 0 Å². The van der Waals surface area contributed by atoms with Crippen LogP contribution in [0.4, 0.5) is 0 Å². The molecule has 9 heteroatoms. The molecule has 8 nitrogen and oxygen atoms in total. The van der Waals surface area contributed by atoms with Gasteiger partial charge in [-0.3, -0.25) is 19.2 Å². The van der Waals surface area contributed by atoms with E-state index in [2.05, 4.69) is 38.5 Å². The molecule has 0 radical (unpaired) electrons. The highest BCUT2D eigenvalue weighted by molar-refractivity contribution is 9.10. The maximum Gasteiger partial charge on any atom is 0.271 e. The lowest BCUT2D eigenvalue weighted by Gasteiger charge is -2.23. The first-order valence-corrected chi connectivity index (χ1v) is 11.4. The summed E-state index contributed by atoms with van der Waals surface area (Å²) in [6, 6.07) is 14.5. The van der Waals surface area contributed by atoms with Crippen molar-refractivity contribution < 1.29 is 19.2 Å². The summed E-state index contributed by atoms with van der Waals surface area (Å²) in [6.45, 7) is 2.41. The SMILES string of the molecule is CCCCC[C@H](CN(C=O)OCc1ccccc1)C(=O)NCNC(=O)c1cccc(Br)n1. The summed E-state index contributed by atoms with van der Waals surface area (Å²) in [5, 5.41) is 6.50. The third kappa shape index (κ3) is 9.15. The molecular weight excluding hydrogens is 476 g/mol. The maximum absolute atomic E-state index is 12.8. The average molecular weight is 505 g/mol. The standard InChI is InChI=1S/C23H29BrN4O4/c1-2-3-5-11-19(14-28(17-29)32-15-18-9-6-4-7-10-18)22(30)25-16-26-23(31)20-12-8-13-21(24)27-20/h4,6-10,12-13,17,19H,2-3,5,11,14-16H2,1H3,(H,25,30)(H,26,31)/t19-/m1/s1. The number of halogens is 1. The Hall–Kier alpha value is -2.78. The molecule has 32 heavy (non-hydrogen) atoms. The van der Waals surface area contributed by atoms with E-state index < -0.39 is 11.8 Å². The van der Waals surface area contributed by atoms with Crippen molar-refractivity contribution in [3.63, 3.8) is 0 Å². The van der Waals surface area contributed by atoms with Crippen LogP contribution in [0.3, 0.4) is 0 Å². The number of hydroxylamine groups is 2. The first kappa shape index (κ1) is 25.5. The van der Waals surface area contributed by atoms with Crippen LogP contribution in [0, 0.1) is 5.92 Å². The van der Waals surface area contributed by atoms with Crippen LogP contribution < -0.4 is 10.6 Å². The average Bonchev–Trinajstić information content (AvgIpc) is 2.81. The van der Waals surface area contributed by atoms with E-state index in [-0.39, 0.29) is 31.4 Å². The molecular formula is C23H29BrN4O4. The minimum Gasteiger partial charge on any atom is -0.338 e. The number of unbranched alkanes of at least 4 members (excludes halogenated alkanes) is 2. The second-order valence-electron chi connectivity index (χ2n) is 7.23. The number of nitrogens with zero attached hydrogens (tertiary/aromatic N) is 2. The summed E-state index contributed by atoms with van der Waals surface area (Å²) < 4.78 is 0.551. The van der Waals surface area contributed by atoms with Crippen molar-refractivity contribution in [1.82, 2.24) is 20.7 Å². The van der Waals surface area contributed by atoms with Crippen molar-refractivity contribution in [2.75, 3.05) is 13.2 Å². The van der Waals surface area contributed by atoms with Gasteiger partial charge in [0, 0.05) is 0 Å². The molecule has 0 aliphatic rings. The largest absolute Gasteiger partial charge is 0.338 e. The van der Waals surface area contributed by atoms with E-state index in [1.807, 2.05) is 30.3 Å². The van der Waals surface area contributed by atoms with Gasteiger partial charge < -0.3 is 10.6 Å². The maximum atomic E-state index is 12.8. The Labute approximate surface area is 196 Å². The van der Waals surface area contributed by atoms with Crippen LogP contribution in [-0.2, 0) is 21.0 Å². The molecule has 0 spiro atoms. The molecule has 0 fully saturated rings. The molecule has 2 N–H and O–H groups in total. The Morgan fingerprint density at radius 3 is 2.59 bits per heavy atom. The third-order valence-corrected chi connectivity index (χ3v) is 5.19. The fourth-order valence-corrected chi connectivity index (χ4v) is 3.35. The van der Waals surface area contributed by atoms with E-state index >= 15 is 0 Å². The number of amides is 3. The van der Waals surface area contributed by atoms with Crippen molar-refractivity contribution in [3.8, 4) is 0 Å². The van der Waals surface area contributed by atoms with E-state index in [0.29, 0.717) is 17.4 Å². The summed E-state index contributed by atoms with van der Waals surface area (Å²) in [7, 11) is 0. The molecule has 0 aliphatic heterocycles. The van der Waals surface area contributed by atoms with Gasteiger partial charge in [0.1, 0.15) is 16.9 Å². The molecule has 0 bridgehead atoms. The van der Waals surface area contributed by atoms with E-state index in [0.717, 1.165) is 29.9 Å². The second kappa shape index (κ2) is 14.3. The number of benzene rings is 1. The highest BCUT2D eigenvalue weighted by Gasteiger charge is 2.22. The fraction of sp³-hybridized carbons (Fsp3) is 0.391. The number of aromatic nitrogens is 1. The number of hydrogen-bond donors (Lipinski definition) is 2. The molecule has 1 atom stereocenters. The number of carbonyl (C=O) groups excluding carboxylic acids is 3. The summed E-state index contributed by atoms with van der Waals surface area (Å²) >= 11 is 3.22. The smallest absolute Gasteiger partial charge is 0.271 e. The lowest BCUT2D eigenvalue weighted by atomic mass is 10.0. The van der Waals surface area contributed by atoms with Crippen LogP contribution in [0.1, 0.15) is 48.7 Å². The van der Waals surface area contributed by atoms with Crippen LogP contribution in [0.15, 0.2) is 53.1 Å². The number of pyridine rings is 1. The molecule has 0 aliphatic carbocycles. The third-order valence-electron chi connectivity index (χ3n) is 4.74. The van der Waals surface area contributed by atoms with Crippen molar-refractivity contribution in [2.24, 2.45) is 5.92 Å². The minimum atomic E-state index is -0.455. The zero-order chi connectivity index (χ0) is 23.2. The molecule has 172 valence electrons. The predicted molar refractivity (Wildman–Crippen MR) is 124 cm³/mol. The Bertz CT molecular complexity index is 866. The van der Waals surface area contributed by atoms with E-state index in [4.69, 9.17) is 4.84 Å². The Morgan fingerprint density at radius 2 is 1.91 bits per heavy atom. The van der Waals surface area contributed by atoms with Gasteiger partial charge in [-0.1, -0.05) is 62.6 Å². The van der Waals surface area contributed by atoms with Crippen LogP contribution in [0.25, 0.3) is 0 Å². The van der Waals surface area contributed by atoms with Crippen molar-refractivity contribution >= 4 is 34.2 Å². The lowest BCUT2D eigenvalue weighted by Crippen LogP contribution is -2.43. The van der Waals surface area contributed by atoms with Crippen molar-refractivity contribution in [1.29, 1.82) is 0 Å². The monoisotopic (exact) mass is 504 g/mol. The zero-order valence-corrected chi connectivity index (χ0v) is 19.7. The highest BCUT2D eigenvalue weighted by atomic mass is 79.9. The van der Waals surface area contributed by atoms with Gasteiger partial charge in [-0.2, -0.15) is 0 Å². The number of nitrogens with one attached hydrogen (secondary N) is 2. The molecule has 1 aromatic carbocycles. The summed E-state index contributed by atoms with van der Waals surface area (Å²) in [5.74, 6) is -1.10. The molecule has 3 amide bonds. The van der Waals surface area contributed by atoms with Gasteiger partial charge in [-0.15, -0.1) is 0 Å². The van der Waals surface area contributed by atoms with E-state index in [1.54, 1.807) is 18.2 Å². The van der Waals surface area contributed by atoms with Gasteiger partial charge in [0.2, 0.25) is 12.3 Å². The number of carbonyl (C=O) groups is 3. The van der Waals surface area contributed by atoms with Gasteiger partial charge in [-0.25, -0.2) is 10.0 Å². The number of rotatable bonds is 14. The highest BCUT2D eigenvalue weighted by Crippen LogP contribution is 2.13. The van der Waals surface area contributed by atoms with E-state index in [1.165, 1.54) is 0 Å². The minimum absolute atomic E-state index is 0.0396. The molecule has 0 unspecified atom stereocenters. The molecule has 2 aromatic rings. The van der Waals surface area contributed by atoms with E-state index in [9.17, 15) is 14.4 Å². The Morgan fingerprint density at radius 1 is 1.12 bits per heavy atom. The quantitative estimate of drug-likeness (QED) is 0.135. The van der Waals surface area contributed by atoms with Gasteiger partial charge in [0.05, 0.1) is 19.1 Å². The molecule has 0 saturated carbocycles. The van der Waals surface area contributed by atoms with Gasteiger partial charge in [0.15, 0.2) is 0 Å². The second-order valence-corrected chi connectivity index (χ2v) is 8.04. The predicted octanol–water partition coefficient (Wildman–Crippen LogP) is 3.43. The fourth-order valence-electron chi connectivity index (χ4n) is 3.00. The zero-order valence-electron chi connectivity index (χ0n) is 18.1. The van der Waals surface area contributed by atoms with Crippen molar-refractivity contribution in [3.05, 3.63) is 64.4 Å². The lowest BCUT2D eigenvalue weighted by molar-refractivity contribution is -0.182. The Kier molecular flexibility index (Phi) is 11.4. The first-order valence-electron chi connectivity index (χ1n) is 10.6. The molecule has 1 aromatic heterocycles. The van der Waals surface area contributed by atoms with Crippen LogP contribution >= 0.6 is 15.9 Å². The van der Waals surface area contributed by atoms with Gasteiger partial charge in [-0.05, 0) is 40.0 Å². The summed E-state index contributed by atoms with van der Waals surface area (Å²) in [6.07, 6.45) is 4.06. The molecule has 2 rings (SSSR count). The molecule has 1 heterocycles. The summed E-state index contributed by atoms with van der Waals surface area (Å²) in [5.41, 5.74) is 1.17. The van der Waals surface area contributed by atoms with Crippen LogP contribution in [-0.4, -0.2) is 41.5 Å². The normalized spacial score (nSPS) is 11.4. The first-order chi connectivity index (χ1) is 15.5.